The summed E-state index contributed by atoms with van der Waals surface area (Å²) in [5, 5.41) is 8.69. The third-order valence-electron chi connectivity index (χ3n) is 7.83. The SMILES string of the molecule is CCCCCCCCCCCCCCCC(=O)OC(CCCCCC)CCCCCCCCCCC(=O)O. The molecular formula is C34H66O4. The molecular weight excluding hydrogens is 472 g/mol. The average Bonchev–Trinajstić information content (AvgIpc) is 2.90. The van der Waals surface area contributed by atoms with Gasteiger partial charge in [-0.2, -0.15) is 0 Å². The van der Waals surface area contributed by atoms with Gasteiger partial charge in [-0.25, -0.2) is 0 Å². The Labute approximate surface area is 237 Å². The zero-order valence-corrected chi connectivity index (χ0v) is 25.8. The third kappa shape index (κ3) is 29.5. The molecule has 4 nitrogen and oxygen atoms in total. The second-order valence-corrected chi connectivity index (χ2v) is 11.7. The average molecular weight is 539 g/mol. The third-order valence-corrected chi connectivity index (χ3v) is 7.83. The van der Waals surface area contributed by atoms with Gasteiger partial charge in [-0.1, -0.05) is 149 Å². The molecule has 0 aromatic carbocycles. The number of esters is 1. The monoisotopic (exact) mass is 538 g/mol. The predicted molar refractivity (Wildman–Crippen MR) is 163 cm³/mol. The minimum Gasteiger partial charge on any atom is -0.481 e. The molecule has 1 N–H and O–H groups in total. The van der Waals surface area contributed by atoms with E-state index < -0.39 is 5.97 Å². The van der Waals surface area contributed by atoms with Crippen molar-refractivity contribution in [1.82, 2.24) is 0 Å². The maximum absolute atomic E-state index is 12.5. The lowest BCUT2D eigenvalue weighted by Crippen LogP contribution is -2.18. The van der Waals surface area contributed by atoms with Gasteiger partial charge in [-0.05, 0) is 38.5 Å². The van der Waals surface area contributed by atoms with Crippen LogP contribution in [0.15, 0.2) is 0 Å². The molecule has 1 atom stereocenters. The minimum absolute atomic E-state index is 0.0231. The van der Waals surface area contributed by atoms with E-state index >= 15 is 0 Å². The van der Waals surface area contributed by atoms with Gasteiger partial charge in [-0.3, -0.25) is 9.59 Å². The molecule has 0 spiro atoms. The Morgan fingerprint density at radius 2 is 0.789 bits per heavy atom. The molecule has 0 aromatic rings. The summed E-state index contributed by atoms with van der Waals surface area (Å²) in [6, 6.07) is 0. The van der Waals surface area contributed by atoms with E-state index in [0.29, 0.717) is 12.8 Å². The first kappa shape index (κ1) is 36.9. The smallest absolute Gasteiger partial charge is 0.306 e. The molecule has 4 heteroatoms. The molecule has 0 bridgehead atoms. The Morgan fingerprint density at radius 3 is 1.18 bits per heavy atom. The van der Waals surface area contributed by atoms with E-state index in [9.17, 15) is 9.59 Å². The van der Waals surface area contributed by atoms with Crippen molar-refractivity contribution in [3.63, 3.8) is 0 Å². The Bertz CT molecular complexity index is 505. The normalized spacial score (nSPS) is 12.1. The number of hydrogen-bond donors (Lipinski definition) is 1. The van der Waals surface area contributed by atoms with E-state index in [4.69, 9.17) is 9.84 Å². The fourth-order valence-electron chi connectivity index (χ4n) is 5.30. The molecule has 0 heterocycles. The summed E-state index contributed by atoms with van der Waals surface area (Å²) in [5.41, 5.74) is 0. The van der Waals surface area contributed by atoms with Gasteiger partial charge in [0, 0.05) is 12.8 Å². The highest BCUT2D eigenvalue weighted by Gasteiger charge is 2.14. The second kappa shape index (κ2) is 30.5. The van der Waals surface area contributed by atoms with E-state index in [-0.39, 0.29) is 12.1 Å². The number of hydrogen-bond acceptors (Lipinski definition) is 3. The highest BCUT2D eigenvalue weighted by Crippen LogP contribution is 2.18. The van der Waals surface area contributed by atoms with Crippen molar-refractivity contribution in [2.45, 2.75) is 206 Å². The van der Waals surface area contributed by atoms with Crippen LogP contribution >= 0.6 is 0 Å². The number of unbranched alkanes of at least 4 members (excludes halogenated alkanes) is 22. The van der Waals surface area contributed by atoms with E-state index in [0.717, 1.165) is 51.4 Å². The lowest BCUT2D eigenvalue weighted by Gasteiger charge is -2.18. The molecule has 0 aliphatic heterocycles. The Balaban J connectivity index is 3.81. The van der Waals surface area contributed by atoms with Crippen LogP contribution in [0.4, 0.5) is 0 Å². The van der Waals surface area contributed by atoms with Gasteiger partial charge in [0.25, 0.3) is 0 Å². The molecule has 0 saturated carbocycles. The maximum atomic E-state index is 12.5. The fourth-order valence-corrected chi connectivity index (χ4v) is 5.30. The fraction of sp³-hybridized carbons (Fsp3) is 0.941. The second-order valence-electron chi connectivity index (χ2n) is 11.7. The van der Waals surface area contributed by atoms with Crippen LogP contribution in [0.5, 0.6) is 0 Å². The van der Waals surface area contributed by atoms with Gasteiger partial charge in [0.2, 0.25) is 0 Å². The van der Waals surface area contributed by atoms with Crippen molar-refractivity contribution in [2.24, 2.45) is 0 Å². The number of carbonyl (C=O) groups excluding carboxylic acids is 1. The minimum atomic E-state index is -0.681. The van der Waals surface area contributed by atoms with Crippen LogP contribution in [-0.4, -0.2) is 23.1 Å². The van der Waals surface area contributed by atoms with E-state index in [1.54, 1.807) is 0 Å². The van der Waals surface area contributed by atoms with Gasteiger partial charge in [0.15, 0.2) is 0 Å². The summed E-state index contributed by atoms with van der Waals surface area (Å²) in [5.74, 6) is -0.658. The summed E-state index contributed by atoms with van der Waals surface area (Å²) in [6.07, 6.45) is 34.1. The summed E-state index contributed by atoms with van der Waals surface area (Å²) in [6.45, 7) is 4.51. The molecule has 0 saturated heterocycles. The first-order valence-corrected chi connectivity index (χ1v) is 17.0. The number of aliphatic carboxylic acids is 1. The zero-order chi connectivity index (χ0) is 27.9. The number of rotatable bonds is 31. The molecule has 0 fully saturated rings. The molecule has 0 radical (unpaired) electrons. The number of carboxylic acid groups (broad SMARTS) is 1. The van der Waals surface area contributed by atoms with Crippen LogP contribution in [0.25, 0.3) is 0 Å². The summed E-state index contributed by atoms with van der Waals surface area (Å²) < 4.78 is 5.94. The van der Waals surface area contributed by atoms with Gasteiger partial charge in [0.05, 0.1) is 0 Å². The van der Waals surface area contributed by atoms with Crippen molar-refractivity contribution in [1.29, 1.82) is 0 Å². The van der Waals surface area contributed by atoms with Crippen molar-refractivity contribution < 1.29 is 19.4 Å². The summed E-state index contributed by atoms with van der Waals surface area (Å²) in [4.78, 5) is 23.0. The van der Waals surface area contributed by atoms with Crippen LogP contribution in [0.2, 0.25) is 0 Å². The molecule has 38 heavy (non-hydrogen) atoms. The van der Waals surface area contributed by atoms with Gasteiger partial charge in [0.1, 0.15) is 6.10 Å². The van der Waals surface area contributed by atoms with Crippen LogP contribution in [0, 0.1) is 0 Å². The van der Waals surface area contributed by atoms with Crippen molar-refractivity contribution in [3.05, 3.63) is 0 Å². The van der Waals surface area contributed by atoms with Gasteiger partial charge >= 0.3 is 11.9 Å². The zero-order valence-electron chi connectivity index (χ0n) is 25.8. The van der Waals surface area contributed by atoms with Crippen LogP contribution in [0.1, 0.15) is 200 Å². The van der Waals surface area contributed by atoms with Crippen molar-refractivity contribution in [3.8, 4) is 0 Å². The lowest BCUT2D eigenvalue weighted by atomic mass is 10.0. The standard InChI is InChI=1S/C34H66O4/c1-3-5-7-9-10-11-12-13-14-15-20-23-27-31-34(37)38-32(28-24-8-6-4-2)29-25-21-18-16-17-19-22-26-30-33(35)36/h32H,3-31H2,1-2H3,(H,35,36). The first-order chi connectivity index (χ1) is 18.6. The quantitative estimate of drug-likeness (QED) is 0.0704. The number of carbonyl (C=O) groups is 2. The molecule has 0 rings (SSSR count). The molecule has 226 valence electrons. The Kier molecular flexibility index (Phi) is 29.6. The van der Waals surface area contributed by atoms with E-state index in [2.05, 4.69) is 13.8 Å². The van der Waals surface area contributed by atoms with E-state index in [1.165, 1.54) is 122 Å². The highest BCUT2D eigenvalue weighted by molar-refractivity contribution is 5.69. The Morgan fingerprint density at radius 1 is 0.474 bits per heavy atom. The lowest BCUT2D eigenvalue weighted by molar-refractivity contribution is -0.150. The predicted octanol–water partition coefficient (Wildman–Crippen LogP) is 11.3. The Hall–Kier alpha value is -1.06. The maximum Gasteiger partial charge on any atom is 0.306 e. The molecule has 0 aromatic heterocycles. The van der Waals surface area contributed by atoms with Crippen LogP contribution in [0.3, 0.4) is 0 Å². The van der Waals surface area contributed by atoms with Crippen LogP contribution < -0.4 is 0 Å². The molecule has 1 unspecified atom stereocenters. The largest absolute Gasteiger partial charge is 0.481 e. The molecule has 0 amide bonds. The number of ether oxygens (including phenoxy) is 1. The first-order valence-electron chi connectivity index (χ1n) is 17.0. The molecule has 0 aliphatic rings. The van der Waals surface area contributed by atoms with Crippen LogP contribution in [-0.2, 0) is 14.3 Å². The van der Waals surface area contributed by atoms with Crippen molar-refractivity contribution >= 4 is 11.9 Å². The number of carboxylic acids is 1. The summed E-state index contributed by atoms with van der Waals surface area (Å²) >= 11 is 0. The molecule has 0 aliphatic carbocycles. The van der Waals surface area contributed by atoms with Gasteiger partial charge < -0.3 is 9.84 Å². The van der Waals surface area contributed by atoms with Crippen molar-refractivity contribution in [2.75, 3.05) is 0 Å². The summed E-state index contributed by atoms with van der Waals surface area (Å²) in [7, 11) is 0. The van der Waals surface area contributed by atoms with E-state index in [1.807, 2.05) is 0 Å². The highest BCUT2D eigenvalue weighted by atomic mass is 16.5. The van der Waals surface area contributed by atoms with Gasteiger partial charge in [-0.15, -0.1) is 0 Å². The topological polar surface area (TPSA) is 63.6 Å².